The summed E-state index contributed by atoms with van der Waals surface area (Å²) >= 11 is 13.6. The van der Waals surface area contributed by atoms with E-state index in [1.54, 1.807) is 0 Å². The summed E-state index contributed by atoms with van der Waals surface area (Å²) in [7, 11) is 0. The van der Waals surface area contributed by atoms with Gasteiger partial charge in [0.1, 0.15) is 0 Å². The van der Waals surface area contributed by atoms with Crippen LogP contribution in [-0.2, 0) is 0 Å². The molecule has 0 spiro atoms. The number of halogens is 4. The second kappa shape index (κ2) is 5.78. The Labute approximate surface area is 121 Å². The summed E-state index contributed by atoms with van der Waals surface area (Å²) in [5, 5.41) is 0. The number of hydrogen-bond donors (Lipinski definition) is 0. The van der Waals surface area contributed by atoms with Gasteiger partial charge in [0.15, 0.2) is 0 Å². The van der Waals surface area contributed by atoms with E-state index in [4.69, 9.17) is 0 Å². The predicted molar refractivity (Wildman–Crippen MR) is 64.4 cm³/mol. The second-order valence-electron chi connectivity index (χ2n) is 1.66. The zero-order chi connectivity index (χ0) is 7.72. The van der Waals surface area contributed by atoms with Crippen molar-refractivity contribution < 1.29 is 0 Å². The normalized spacial score (nSPS) is 9.09. The summed E-state index contributed by atoms with van der Waals surface area (Å²) in [6, 6.07) is 3.94. The Balaban J connectivity index is 0.000001000. The van der Waals surface area contributed by atoms with Crippen LogP contribution in [0.2, 0.25) is 0 Å². The van der Waals surface area contributed by atoms with Crippen LogP contribution < -0.4 is 0 Å². The molecule has 0 nitrogen and oxygen atoms in total. The first-order chi connectivity index (χ1) is 4.63. The quantitative estimate of drug-likeness (QED) is 0.339. The summed E-state index contributed by atoms with van der Waals surface area (Å²) in [6.45, 7) is 0. The van der Waals surface area contributed by atoms with Gasteiger partial charge in [-0.15, -0.1) is 0 Å². The van der Waals surface area contributed by atoms with E-state index < -0.39 is 0 Å². The van der Waals surface area contributed by atoms with Crippen molar-refractivity contribution in [2.45, 2.75) is 0 Å². The zero-order valence-electron chi connectivity index (χ0n) is 4.67. The van der Waals surface area contributed by atoms with E-state index in [0.717, 1.165) is 17.9 Å². The molecule has 0 radical (unpaired) electrons. The van der Waals surface area contributed by atoms with Gasteiger partial charge in [0, 0.05) is 17.9 Å². The van der Waals surface area contributed by atoms with Crippen molar-refractivity contribution in [2.24, 2.45) is 0 Å². The molecule has 0 atom stereocenters. The molecule has 11 heavy (non-hydrogen) atoms. The fourth-order valence-corrected chi connectivity index (χ4v) is 2.39. The topological polar surface area (TPSA) is 0 Å². The molecule has 0 aliphatic rings. The third kappa shape index (κ3) is 3.41. The average Bonchev–Trinajstić information content (AvgIpc) is 1.93. The monoisotopic (exact) mass is 414 g/mol. The molecule has 0 heterocycles. The molecule has 0 bridgehead atoms. The number of hydrogen-bond acceptors (Lipinski definition) is 0. The van der Waals surface area contributed by atoms with Gasteiger partial charge in [-0.1, -0.05) is 0 Å². The molecule has 1 rings (SSSR count). The summed E-state index contributed by atoms with van der Waals surface area (Å²) in [5.41, 5.74) is 0. The summed E-state index contributed by atoms with van der Waals surface area (Å²) in [6.07, 6.45) is 0. The van der Waals surface area contributed by atoms with Crippen LogP contribution in [0.25, 0.3) is 0 Å². The van der Waals surface area contributed by atoms with Crippen LogP contribution in [-0.4, -0.2) is 29.6 Å². The molecule has 0 N–H and O–H groups in total. The van der Waals surface area contributed by atoms with E-state index in [2.05, 4.69) is 63.7 Å². The first-order valence-electron chi connectivity index (χ1n) is 2.42. The van der Waals surface area contributed by atoms with Crippen molar-refractivity contribution in [3.63, 3.8) is 0 Å². The van der Waals surface area contributed by atoms with E-state index in [-0.39, 0.29) is 29.6 Å². The van der Waals surface area contributed by atoms with Crippen LogP contribution in [0.1, 0.15) is 0 Å². The summed E-state index contributed by atoms with van der Waals surface area (Å²) < 4.78 is 4.15. The molecule has 0 unspecified atom stereocenters. The van der Waals surface area contributed by atoms with Crippen molar-refractivity contribution in [3.8, 4) is 0 Å². The van der Waals surface area contributed by atoms with Gasteiger partial charge in [0.05, 0.1) is 0 Å². The minimum absolute atomic E-state index is 0. The van der Waals surface area contributed by atoms with Crippen LogP contribution in [0.4, 0.5) is 0 Å². The molecule has 0 saturated heterocycles. The molecule has 1 aromatic carbocycles. The van der Waals surface area contributed by atoms with E-state index in [1.807, 2.05) is 12.1 Å². The molecule has 0 aromatic heterocycles. The van der Waals surface area contributed by atoms with Gasteiger partial charge in [-0.2, -0.15) is 0 Å². The van der Waals surface area contributed by atoms with Crippen molar-refractivity contribution in [2.75, 3.05) is 0 Å². The standard InChI is InChI=1S/C6H2Br4.Na.H/c7-3-1-2-4(8)6(10)5(3)9;;/h1-2H;;. The molecule has 0 aliphatic heterocycles. The zero-order valence-corrected chi connectivity index (χ0v) is 11.0. The first kappa shape index (κ1) is 13.1. The van der Waals surface area contributed by atoms with Crippen molar-refractivity contribution in [1.29, 1.82) is 0 Å². The molecular formula is C6H3Br4Na. The van der Waals surface area contributed by atoms with Gasteiger partial charge in [-0.25, -0.2) is 0 Å². The SMILES string of the molecule is Brc1ccc(Br)c(Br)c1Br.[NaH]. The Morgan fingerprint density at radius 3 is 1.27 bits per heavy atom. The molecule has 56 valence electrons. The van der Waals surface area contributed by atoms with Crippen LogP contribution in [0.3, 0.4) is 0 Å². The van der Waals surface area contributed by atoms with E-state index >= 15 is 0 Å². The summed E-state index contributed by atoms with van der Waals surface area (Å²) in [4.78, 5) is 0. The molecule has 0 saturated carbocycles. The van der Waals surface area contributed by atoms with Crippen LogP contribution >= 0.6 is 63.7 Å². The number of rotatable bonds is 0. The fourth-order valence-electron chi connectivity index (χ4n) is 0.502. The first-order valence-corrected chi connectivity index (χ1v) is 5.59. The second-order valence-corrected chi connectivity index (χ2v) is 4.95. The van der Waals surface area contributed by atoms with E-state index in [1.165, 1.54) is 0 Å². The van der Waals surface area contributed by atoms with Crippen molar-refractivity contribution >= 4 is 93.3 Å². The third-order valence-corrected chi connectivity index (χ3v) is 5.55. The van der Waals surface area contributed by atoms with Gasteiger partial charge in [0.25, 0.3) is 0 Å². The molecule has 0 aliphatic carbocycles. The maximum atomic E-state index is 3.41. The fraction of sp³-hybridized carbons (Fsp3) is 0. The third-order valence-electron chi connectivity index (χ3n) is 0.988. The van der Waals surface area contributed by atoms with Gasteiger partial charge in [-0.05, 0) is 75.9 Å². The van der Waals surface area contributed by atoms with Crippen LogP contribution in [0.15, 0.2) is 30.0 Å². The van der Waals surface area contributed by atoms with Crippen molar-refractivity contribution in [3.05, 3.63) is 30.0 Å². The Bertz CT molecular complexity index is 234. The van der Waals surface area contributed by atoms with Gasteiger partial charge in [0.2, 0.25) is 0 Å². The van der Waals surface area contributed by atoms with Gasteiger partial charge >= 0.3 is 29.6 Å². The van der Waals surface area contributed by atoms with Crippen LogP contribution in [0, 0.1) is 0 Å². The maximum absolute atomic E-state index is 3.41. The van der Waals surface area contributed by atoms with Crippen LogP contribution in [0.5, 0.6) is 0 Å². The van der Waals surface area contributed by atoms with Gasteiger partial charge in [-0.3, -0.25) is 0 Å². The molecule has 0 fully saturated rings. The summed E-state index contributed by atoms with van der Waals surface area (Å²) in [5.74, 6) is 0. The molecule has 5 heteroatoms. The van der Waals surface area contributed by atoms with Crippen molar-refractivity contribution in [1.82, 2.24) is 0 Å². The molecule has 1 aromatic rings. The number of benzene rings is 1. The Kier molecular flexibility index (Phi) is 6.91. The minimum atomic E-state index is 0. The Morgan fingerprint density at radius 2 is 1.00 bits per heavy atom. The Morgan fingerprint density at radius 1 is 0.727 bits per heavy atom. The predicted octanol–water partition coefficient (Wildman–Crippen LogP) is 4.09. The van der Waals surface area contributed by atoms with Gasteiger partial charge < -0.3 is 0 Å². The average molecular weight is 418 g/mol. The molecular weight excluding hydrogens is 415 g/mol. The van der Waals surface area contributed by atoms with E-state index in [9.17, 15) is 0 Å². The Hall–Kier alpha value is 2.14. The van der Waals surface area contributed by atoms with E-state index in [0.29, 0.717) is 0 Å². The molecule has 0 amide bonds.